The maximum atomic E-state index is 12.6. The highest BCUT2D eigenvalue weighted by Crippen LogP contribution is 2.30. The number of fused-ring (bicyclic) bond motifs is 1. The zero-order valence-electron chi connectivity index (χ0n) is 15.0. The fourth-order valence-corrected chi connectivity index (χ4v) is 4.10. The third-order valence-corrected chi connectivity index (χ3v) is 6.54. The first kappa shape index (κ1) is 18.4. The molecule has 2 aromatic carbocycles. The Labute approximate surface area is 157 Å². The predicted molar refractivity (Wildman–Crippen MR) is 109 cm³/mol. The van der Waals surface area contributed by atoms with Gasteiger partial charge in [-0.3, -0.25) is 9.10 Å². The minimum atomic E-state index is -3.33. The van der Waals surface area contributed by atoms with Crippen LogP contribution in [0.1, 0.15) is 20.8 Å². The van der Waals surface area contributed by atoms with Gasteiger partial charge in [-0.25, -0.2) is 8.42 Å². The summed E-state index contributed by atoms with van der Waals surface area (Å²) in [5, 5.41) is 3.78. The summed E-state index contributed by atoms with van der Waals surface area (Å²) in [5.41, 5.74) is 3.51. The number of carbonyl (C=O) groups excluding carboxylic acids is 1. The van der Waals surface area contributed by atoms with E-state index in [1.54, 1.807) is 18.2 Å². The minimum absolute atomic E-state index is 0.170. The molecule has 0 bridgehead atoms. The van der Waals surface area contributed by atoms with Crippen molar-refractivity contribution in [2.24, 2.45) is 0 Å². The Kier molecular flexibility index (Phi) is 4.77. The van der Waals surface area contributed by atoms with Crippen molar-refractivity contribution >= 4 is 48.7 Å². The zero-order valence-corrected chi connectivity index (χ0v) is 16.7. The standard InChI is InChI=1S/C19H20N2O3S2/c1-12-5-7-16(13(2)9-12)20-19(22)18-11-14-10-15(6-8-17(14)25-18)21(3)26(4,23)24/h5-11H,1-4H3,(H,20,22). The van der Waals surface area contributed by atoms with E-state index in [0.717, 1.165) is 33.2 Å². The number of hydrogen-bond donors (Lipinski definition) is 1. The lowest BCUT2D eigenvalue weighted by molar-refractivity contribution is 0.103. The fraction of sp³-hybridized carbons (Fsp3) is 0.211. The third-order valence-electron chi connectivity index (χ3n) is 4.21. The summed E-state index contributed by atoms with van der Waals surface area (Å²) in [6.45, 7) is 3.97. The molecule has 3 rings (SSSR count). The molecule has 0 atom stereocenters. The highest BCUT2D eigenvalue weighted by molar-refractivity contribution is 7.92. The van der Waals surface area contributed by atoms with Crippen molar-refractivity contribution in [1.29, 1.82) is 0 Å². The van der Waals surface area contributed by atoms with Crippen LogP contribution in [0.15, 0.2) is 42.5 Å². The van der Waals surface area contributed by atoms with Crippen LogP contribution >= 0.6 is 11.3 Å². The van der Waals surface area contributed by atoms with Crippen molar-refractivity contribution in [2.75, 3.05) is 22.9 Å². The molecule has 5 nitrogen and oxygen atoms in total. The largest absolute Gasteiger partial charge is 0.321 e. The average molecular weight is 389 g/mol. The maximum absolute atomic E-state index is 12.6. The maximum Gasteiger partial charge on any atom is 0.265 e. The Hall–Kier alpha value is -2.38. The number of nitrogens with zero attached hydrogens (tertiary/aromatic N) is 1. The van der Waals surface area contributed by atoms with Gasteiger partial charge in [0.1, 0.15) is 0 Å². The molecular formula is C19H20N2O3S2. The number of amides is 1. The van der Waals surface area contributed by atoms with E-state index in [0.29, 0.717) is 10.6 Å². The van der Waals surface area contributed by atoms with Gasteiger partial charge in [0, 0.05) is 17.4 Å². The monoisotopic (exact) mass is 388 g/mol. The van der Waals surface area contributed by atoms with E-state index in [2.05, 4.69) is 5.32 Å². The second kappa shape index (κ2) is 6.74. The van der Waals surface area contributed by atoms with Crippen LogP contribution in [-0.4, -0.2) is 27.6 Å². The van der Waals surface area contributed by atoms with E-state index in [9.17, 15) is 13.2 Å². The minimum Gasteiger partial charge on any atom is -0.321 e. The van der Waals surface area contributed by atoms with Gasteiger partial charge in [0.15, 0.2) is 0 Å². The summed E-state index contributed by atoms with van der Waals surface area (Å²) < 4.78 is 25.6. The van der Waals surface area contributed by atoms with Crippen molar-refractivity contribution in [3.8, 4) is 0 Å². The predicted octanol–water partition coefficient (Wildman–Crippen LogP) is 4.17. The van der Waals surface area contributed by atoms with Gasteiger partial charge in [-0.1, -0.05) is 17.7 Å². The Morgan fingerprint density at radius 3 is 2.46 bits per heavy atom. The molecule has 3 aromatic rings. The second-order valence-corrected chi connectivity index (χ2v) is 9.43. The first-order valence-electron chi connectivity index (χ1n) is 8.01. The Balaban J connectivity index is 1.90. The molecule has 136 valence electrons. The van der Waals surface area contributed by atoms with Gasteiger partial charge in [-0.2, -0.15) is 0 Å². The van der Waals surface area contributed by atoms with Gasteiger partial charge in [-0.15, -0.1) is 11.3 Å². The summed E-state index contributed by atoms with van der Waals surface area (Å²) in [4.78, 5) is 13.2. The molecule has 0 radical (unpaired) electrons. The molecule has 0 aliphatic heterocycles. The Bertz CT molecular complexity index is 1100. The average Bonchev–Trinajstić information content (AvgIpc) is 2.99. The number of carbonyl (C=O) groups is 1. The molecule has 7 heteroatoms. The van der Waals surface area contributed by atoms with Crippen LogP contribution in [0, 0.1) is 13.8 Å². The summed E-state index contributed by atoms with van der Waals surface area (Å²) in [5.74, 6) is -0.170. The van der Waals surface area contributed by atoms with Crippen molar-refractivity contribution < 1.29 is 13.2 Å². The number of sulfonamides is 1. The van der Waals surface area contributed by atoms with Crippen LogP contribution in [0.25, 0.3) is 10.1 Å². The van der Waals surface area contributed by atoms with Crippen LogP contribution < -0.4 is 9.62 Å². The molecule has 0 saturated carbocycles. The van der Waals surface area contributed by atoms with Gasteiger partial charge in [-0.05, 0) is 55.1 Å². The Morgan fingerprint density at radius 1 is 1.08 bits per heavy atom. The second-order valence-electron chi connectivity index (χ2n) is 6.34. The molecule has 0 aliphatic rings. The van der Waals surface area contributed by atoms with E-state index in [1.807, 2.05) is 38.1 Å². The molecule has 26 heavy (non-hydrogen) atoms. The number of aryl methyl sites for hydroxylation is 2. The van der Waals surface area contributed by atoms with E-state index >= 15 is 0 Å². The molecule has 1 amide bonds. The van der Waals surface area contributed by atoms with Gasteiger partial charge >= 0.3 is 0 Å². The van der Waals surface area contributed by atoms with Crippen LogP contribution in [0.2, 0.25) is 0 Å². The normalized spacial score (nSPS) is 11.5. The lowest BCUT2D eigenvalue weighted by atomic mass is 10.1. The fourth-order valence-electron chi connectivity index (χ4n) is 2.67. The van der Waals surface area contributed by atoms with Gasteiger partial charge in [0.25, 0.3) is 5.91 Å². The number of nitrogens with one attached hydrogen (secondary N) is 1. The van der Waals surface area contributed by atoms with Crippen LogP contribution in [0.3, 0.4) is 0 Å². The summed E-state index contributed by atoms with van der Waals surface area (Å²) in [6, 6.07) is 13.0. The lowest BCUT2D eigenvalue weighted by Crippen LogP contribution is -2.24. The molecule has 0 fully saturated rings. The van der Waals surface area contributed by atoms with Gasteiger partial charge < -0.3 is 5.32 Å². The van der Waals surface area contributed by atoms with Crippen LogP contribution in [0.4, 0.5) is 11.4 Å². The third kappa shape index (κ3) is 3.73. The zero-order chi connectivity index (χ0) is 19.1. The van der Waals surface area contributed by atoms with Crippen molar-refractivity contribution in [3.63, 3.8) is 0 Å². The van der Waals surface area contributed by atoms with Gasteiger partial charge in [0.05, 0.1) is 16.8 Å². The molecule has 0 aliphatic carbocycles. The van der Waals surface area contributed by atoms with Gasteiger partial charge in [0.2, 0.25) is 10.0 Å². The van der Waals surface area contributed by atoms with E-state index in [1.165, 1.54) is 22.7 Å². The molecule has 1 N–H and O–H groups in total. The van der Waals surface area contributed by atoms with Crippen LogP contribution in [0.5, 0.6) is 0 Å². The van der Waals surface area contributed by atoms with Crippen LogP contribution in [-0.2, 0) is 10.0 Å². The van der Waals surface area contributed by atoms with E-state index in [-0.39, 0.29) is 5.91 Å². The smallest absolute Gasteiger partial charge is 0.265 e. The topological polar surface area (TPSA) is 66.5 Å². The van der Waals surface area contributed by atoms with E-state index < -0.39 is 10.0 Å². The molecule has 0 unspecified atom stereocenters. The quantitative estimate of drug-likeness (QED) is 0.730. The van der Waals surface area contributed by atoms with Crippen molar-refractivity contribution in [3.05, 3.63) is 58.5 Å². The first-order valence-corrected chi connectivity index (χ1v) is 10.7. The highest BCUT2D eigenvalue weighted by Gasteiger charge is 2.15. The molecular weight excluding hydrogens is 368 g/mol. The summed E-state index contributed by atoms with van der Waals surface area (Å²) >= 11 is 1.38. The number of benzene rings is 2. The lowest BCUT2D eigenvalue weighted by Gasteiger charge is -2.16. The van der Waals surface area contributed by atoms with Crippen molar-refractivity contribution in [2.45, 2.75) is 13.8 Å². The van der Waals surface area contributed by atoms with Crippen molar-refractivity contribution in [1.82, 2.24) is 0 Å². The number of rotatable bonds is 4. The highest BCUT2D eigenvalue weighted by atomic mass is 32.2. The number of anilines is 2. The first-order chi connectivity index (χ1) is 12.1. The van der Waals surface area contributed by atoms with E-state index in [4.69, 9.17) is 0 Å². The molecule has 1 aromatic heterocycles. The Morgan fingerprint density at radius 2 is 1.81 bits per heavy atom. The molecule has 0 saturated heterocycles. The number of hydrogen-bond acceptors (Lipinski definition) is 4. The number of thiophene rings is 1. The summed E-state index contributed by atoms with van der Waals surface area (Å²) in [6.07, 6.45) is 1.16. The summed E-state index contributed by atoms with van der Waals surface area (Å²) in [7, 11) is -1.82. The molecule has 0 spiro atoms. The SMILES string of the molecule is Cc1ccc(NC(=O)c2cc3cc(N(C)S(C)(=O)=O)ccc3s2)c(C)c1. The molecule has 1 heterocycles.